The Balaban J connectivity index is 3.30. The first-order valence-electron chi connectivity index (χ1n) is 6.97. The number of carbonyl (C=O) groups excluding carboxylic acids is 1. The van der Waals surface area contributed by atoms with Gasteiger partial charge < -0.3 is 10.2 Å². The highest BCUT2D eigenvalue weighted by atomic mass is 16.4. The third kappa shape index (κ3) is 14.6. The largest absolute Gasteiger partial charge is 0.481 e. The van der Waals surface area contributed by atoms with Crippen molar-refractivity contribution in [2.24, 2.45) is 0 Å². The number of unbranched alkanes of at least 4 members (excludes halogenated alkanes) is 5. The summed E-state index contributed by atoms with van der Waals surface area (Å²) in [6.07, 6.45) is 6.80. The molecule has 2 N–H and O–H groups in total. The summed E-state index contributed by atoms with van der Waals surface area (Å²) < 4.78 is 0. The summed E-state index contributed by atoms with van der Waals surface area (Å²) in [4.78, 5) is 21.5. The van der Waals surface area contributed by atoms with Crippen LogP contribution in [-0.2, 0) is 9.59 Å². The summed E-state index contributed by atoms with van der Waals surface area (Å²) in [7, 11) is 0. The van der Waals surface area contributed by atoms with Crippen LogP contribution in [0.15, 0.2) is 0 Å². The molecule has 0 heterocycles. The third-order valence-corrected chi connectivity index (χ3v) is 2.71. The highest BCUT2D eigenvalue weighted by Crippen LogP contribution is 2.05. The van der Waals surface area contributed by atoms with Crippen LogP contribution in [0.25, 0.3) is 0 Å². The number of hydrogen-bond acceptors (Lipinski definition) is 3. The van der Waals surface area contributed by atoms with Crippen LogP contribution in [0.2, 0.25) is 0 Å². The van der Waals surface area contributed by atoms with Crippen molar-refractivity contribution in [3.05, 3.63) is 0 Å². The summed E-state index contributed by atoms with van der Waals surface area (Å²) in [5, 5.41) is 17.0. The van der Waals surface area contributed by atoms with Crippen molar-refractivity contribution in [3.8, 4) is 11.8 Å². The Morgan fingerprint density at radius 2 is 1.42 bits per heavy atom. The van der Waals surface area contributed by atoms with E-state index in [-0.39, 0.29) is 25.2 Å². The second-order valence-electron chi connectivity index (χ2n) is 4.53. The summed E-state index contributed by atoms with van der Waals surface area (Å²) in [5.41, 5.74) is 0. The van der Waals surface area contributed by atoms with Crippen LogP contribution in [0, 0.1) is 11.8 Å². The number of aliphatic hydroxyl groups excluding tert-OH is 1. The molecule has 4 heteroatoms. The number of carboxylic acids is 1. The maximum absolute atomic E-state index is 11.3. The predicted molar refractivity (Wildman–Crippen MR) is 73.7 cm³/mol. The van der Waals surface area contributed by atoms with E-state index in [1.807, 2.05) is 0 Å². The summed E-state index contributed by atoms with van der Waals surface area (Å²) in [6.45, 7) is 0.234. The lowest BCUT2D eigenvalue weighted by molar-refractivity contribution is -0.138. The fourth-order valence-electron chi connectivity index (χ4n) is 1.59. The van der Waals surface area contributed by atoms with Crippen molar-refractivity contribution in [2.45, 2.75) is 64.2 Å². The molecule has 0 aromatic rings. The molecule has 0 saturated carbocycles. The van der Waals surface area contributed by atoms with Gasteiger partial charge in [0.05, 0.1) is 6.42 Å². The van der Waals surface area contributed by atoms with Gasteiger partial charge in [0.15, 0.2) is 0 Å². The van der Waals surface area contributed by atoms with Crippen molar-refractivity contribution < 1.29 is 19.8 Å². The molecule has 0 fully saturated rings. The van der Waals surface area contributed by atoms with Gasteiger partial charge in [0, 0.05) is 32.3 Å². The molecule has 0 aromatic heterocycles. The molecule has 4 nitrogen and oxygen atoms in total. The smallest absolute Gasteiger partial charge is 0.303 e. The molecular weight excluding hydrogens is 244 g/mol. The molecule has 0 amide bonds. The van der Waals surface area contributed by atoms with Gasteiger partial charge in [-0.15, -0.1) is 11.8 Å². The maximum atomic E-state index is 11.3. The molecule has 0 saturated heterocycles. The van der Waals surface area contributed by atoms with Crippen LogP contribution in [0.3, 0.4) is 0 Å². The number of carbonyl (C=O) groups is 2. The Kier molecular flexibility index (Phi) is 12.2. The molecule has 0 spiro atoms. The third-order valence-electron chi connectivity index (χ3n) is 2.71. The van der Waals surface area contributed by atoms with Crippen LogP contribution in [-0.4, -0.2) is 28.6 Å². The molecule has 0 unspecified atom stereocenters. The van der Waals surface area contributed by atoms with Crippen molar-refractivity contribution in [1.82, 2.24) is 0 Å². The van der Waals surface area contributed by atoms with E-state index in [1.54, 1.807) is 0 Å². The standard InChI is InChI=1S/C15H24O4/c16-13-9-7-5-3-1-2-4-6-8-10-14(17)11-12-15(18)19/h16H,2,4-13H2,(H,18,19). The Bertz CT molecular complexity index is 312. The summed E-state index contributed by atoms with van der Waals surface area (Å²) in [5.74, 6) is 5.26. The second-order valence-corrected chi connectivity index (χ2v) is 4.53. The molecular formula is C15H24O4. The van der Waals surface area contributed by atoms with Gasteiger partial charge in [0.1, 0.15) is 5.78 Å². The van der Waals surface area contributed by atoms with Gasteiger partial charge in [0.25, 0.3) is 0 Å². The normalized spacial score (nSPS) is 9.74. The van der Waals surface area contributed by atoms with Gasteiger partial charge in [-0.3, -0.25) is 9.59 Å². The Morgan fingerprint density at radius 1 is 0.789 bits per heavy atom. The molecule has 0 aliphatic heterocycles. The van der Waals surface area contributed by atoms with Crippen molar-refractivity contribution in [1.29, 1.82) is 0 Å². The van der Waals surface area contributed by atoms with Gasteiger partial charge in [0.2, 0.25) is 0 Å². The number of ketones is 1. The van der Waals surface area contributed by atoms with E-state index in [9.17, 15) is 9.59 Å². The average Bonchev–Trinajstić information content (AvgIpc) is 2.38. The molecule has 0 aromatic carbocycles. The first kappa shape index (κ1) is 17.7. The zero-order valence-corrected chi connectivity index (χ0v) is 11.5. The monoisotopic (exact) mass is 268 g/mol. The van der Waals surface area contributed by atoms with Gasteiger partial charge in [-0.25, -0.2) is 0 Å². The zero-order chi connectivity index (χ0) is 14.3. The van der Waals surface area contributed by atoms with E-state index >= 15 is 0 Å². The molecule has 108 valence electrons. The molecule has 0 aliphatic carbocycles. The van der Waals surface area contributed by atoms with E-state index < -0.39 is 5.97 Å². The van der Waals surface area contributed by atoms with E-state index in [1.165, 1.54) is 0 Å². The lowest BCUT2D eigenvalue weighted by Crippen LogP contribution is -2.02. The van der Waals surface area contributed by atoms with Crippen LogP contribution < -0.4 is 0 Å². The molecule has 0 radical (unpaired) electrons. The average molecular weight is 268 g/mol. The van der Waals surface area contributed by atoms with Crippen molar-refractivity contribution in [2.75, 3.05) is 6.61 Å². The minimum Gasteiger partial charge on any atom is -0.481 e. The van der Waals surface area contributed by atoms with E-state index in [0.717, 1.165) is 44.9 Å². The van der Waals surface area contributed by atoms with Gasteiger partial charge in [-0.1, -0.05) is 6.42 Å². The fourth-order valence-corrected chi connectivity index (χ4v) is 1.59. The van der Waals surface area contributed by atoms with Gasteiger partial charge in [-0.05, 0) is 25.7 Å². The number of carboxylic acid groups (broad SMARTS) is 1. The lowest BCUT2D eigenvalue weighted by atomic mass is 10.1. The molecule has 0 atom stereocenters. The van der Waals surface area contributed by atoms with Crippen molar-refractivity contribution >= 4 is 11.8 Å². The highest BCUT2D eigenvalue weighted by Gasteiger charge is 2.04. The first-order valence-corrected chi connectivity index (χ1v) is 6.97. The van der Waals surface area contributed by atoms with Gasteiger partial charge in [-0.2, -0.15) is 0 Å². The van der Waals surface area contributed by atoms with Crippen LogP contribution in [0.4, 0.5) is 0 Å². The van der Waals surface area contributed by atoms with Crippen molar-refractivity contribution in [3.63, 3.8) is 0 Å². The number of aliphatic hydroxyl groups is 1. The Morgan fingerprint density at radius 3 is 2.00 bits per heavy atom. The SMILES string of the molecule is O=C(O)CCC(=O)CCCCCC#CCCCCO. The fraction of sp³-hybridized carbons (Fsp3) is 0.733. The molecule has 19 heavy (non-hydrogen) atoms. The predicted octanol–water partition coefficient (Wildman–Crippen LogP) is 2.54. The van der Waals surface area contributed by atoms with E-state index in [4.69, 9.17) is 10.2 Å². The highest BCUT2D eigenvalue weighted by molar-refractivity contribution is 5.82. The molecule has 0 rings (SSSR count). The van der Waals surface area contributed by atoms with E-state index in [2.05, 4.69) is 11.8 Å². The molecule has 0 bridgehead atoms. The van der Waals surface area contributed by atoms with Crippen LogP contribution in [0.5, 0.6) is 0 Å². The quantitative estimate of drug-likeness (QED) is 0.446. The van der Waals surface area contributed by atoms with Gasteiger partial charge >= 0.3 is 5.97 Å². The minimum atomic E-state index is -0.912. The minimum absolute atomic E-state index is 0.0393. The molecule has 0 aliphatic rings. The number of Topliss-reactive ketones (excluding diaryl/α,β-unsaturated/α-hetero) is 1. The maximum Gasteiger partial charge on any atom is 0.303 e. The summed E-state index contributed by atoms with van der Waals surface area (Å²) >= 11 is 0. The summed E-state index contributed by atoms with van der Waals surface area (Å²) in [6, 6.07) is 0. The number of hydrogen-bond donors (Lipinski definition) is 2. The Labute approximate surface area is 115 Å². The van der Waals surface area contributed by atoms with Crippen LogP contribution >= 0.6 is 0 Å². The number of aliphatic carboxylic acids is 1. The Hall–Kier alpha value is -1.34. The van der Waals surface area contributed by atoms with Crippen LogP contribution in [0.1, 0.15) is 64.2 Å². The second kappa shape index (κ2) is 13.1. The number of rotatable bonds is 11. The van der Waals surface area contributed by atoms with E-state index in [0.29, 0.717) is 6.42 Å². The first-order chi connectivity index (χ1) is 9.16. The zero-order valence-electron chi connectivity index (χ0n) is 11.5. The lowest BCUT2D eigenvalue weighted by Gasteiger charge is -1.98. The topological polar surface area (TPSA) is 74.6 Å².